The molecule has 0 radical (unpaired) electrons. The first-order valence-corrected chi connectivity index (χ1v) is 8.57. The molecule has 0 saturated heterocycles. The maximum atomic E-state index is 13.0. The van der Waals surface area contributed by atoms with Gasteiger partial charge in [-0.1, -0.05) is 12.1 Å². The van der Waals surface area contributed by atoms with Crippen molar-refractivity contribution in [1.82, 2.24) is 10.3 Å². The average Bonchev–Trinajstić information content (AvgIpc) is 2.73. The lowest BCUT2D eigenvalue weighted by molar-refractivity contribution is 0.0951. The van der Waals surface area contributed by atoms with Crippen LogP contribution in [-0.4, -0.2) is 25.1 Å². The van der Waals surface area contributed by atoms with Gasteiger partial charge in [0.05, 0.1) is 19.9 Å². The Morgan fingerprint density at radius 2 is 1.82 bits per heavy atom. The number of carbonyl (C=O) groups excluding carboxylic acids is 1. The molecule has 0 fully saturated rings. The summed E-state index contributed by atoms with van der Waals surface area (Å²) in [6, 6.07) is 14.6. The second kappa shape index (κ2) is 8.85. The van der Waals surface area contributed by atoms with E-state index in [0.29, 0.717) is 35.1 Å². The highest BCUT2D eigenvalue weighted by atomic mass is 19.1. The number of nitrogens with zero attached hydrogens (tertiary/aromatic N) is 1. The Morgan fingerprint density at radius 3 is 2.54 bits per heavy atom. The maximum Gasteiger partial charge on any atom is 0.251 e. The minimum atomic E-state index is -0.312. The molecule has 0 spiro atoms. The summed E-state index contributed by atoms with van der Waals surface area (Å²) in [7, 11) is 3.15. The Labute approximate surface area is 162 Å². The number of anilines is 2. The van der Waals surface area contributed by atoms with Crippen LogP contribution in [0.3, 0.4) is 0 Å². The molecule has 0 atom stereocenters. The second-order valence-corrected chi connectivity index (χ2v) is 5.93. The fraction of sp³-hybridized carbons (Fsp3) is 0.143. The molecule has 0 aliphatic heterocycles. The largest absolute Gasteiger partial charge is 0.497 e. The smallest absolute Gasteiger partial charge is 0.251 e. The highest BCUT2D eigenvalue weighted by molar-refractivity contribution is 5.94. The molecule has 2 aromatic carbocycles. The van der Waals surface area contributed by atoms with Gasteiger partial charge in [0, 0.05) is 24.4 Å². The molecular weight excluding hydrogens is 361 g/mol. The van der Waals surface area contributed by atoms with Gasteiger partial charge in [0.2, 0.25) is 0 Å². The highest BCUT2D eigenvalue weighted by Crippen LogP contribution is 2.31. The number of benzene rings is 2. The zero-order valence-corrected chi connectivity index (χ0v) is 15.5. The van der Waals surface area contributed by atoms with Crippen molar-refractivity contribution < 1.29 is 18.7 Å². The Kier molecular flexibility index (Phi) is 6.06. The molecule has 3 rings (SSSR count). The van der Waals surface area contributed by atoms with Gasteiger partial charge in [-0.25, -0.2) is 9.37 Å². The van der Waals surface area contributed by atoms with Crippen molar-refractivity contribution in [2.45, 2.75) is 6.54 Å². The molecule has 6 nitrogen and oxygen atoms in total. The van der Waals surface area contributed by atoms with Gasteiger partial charge in [0.25, 0.3) is 5.91 Å². The lowest BCUT2D eigenvalue weighted by atomic mass is 10.2. The maximum absolute atomic E-state index is 13.0. The summed E-state index contributed by atoms with van der Waals surface area (Å²) in [5, 5.41) is 5.94. The molecule has 0 aliphatic carbocycles. The number of ether oxygens (including phenoxy) is 2. The molecule has 0 unspecified atom stereocenters. The van der Waals surface area contributed by atoms with Gasteiger partial charge < -0.3 is 20.1 Å². The Hall–Kier alpha value is -3.61. The summed E-state index contributed by atoms with van der Waals surface area (Å²) < 4.78 is 23.5. The van der Waals surface area contributed by atoms with Crippen LogP contribution in [0.2, 0.25) is 0 Å². The zero-order valence-electron chi connectivity index (χ0n) is 15.5. The number of nitrogens with one attached hydrogen (secondary N) is 2. The van der Waals surface area contributed by atoms with E-state index in [1.54, 1.807) is 62.9 Å². The molecule has 1 aromatic heterocycles. The molecule has 28 heavy (non-hydrogen) atoms. The van der Waals surface area contributed by atoms with Crippen LogP contribution >= 0.6 is 0 Å². The van der Waals surface area contributed by atoms with Gasteiger partial charge in [-0.3, -0.25) is 4.79 Å². The van der Waals surface area contributed by atoms with E-state index >= 15 is 0 Å². The molecule has 0 bridgehead atoms. The van der Waals surface area contributed by atoms with E-state index in [-0.39, 0.29) is 11.7 Å². The summed E-state index contributed by atoms with van der Waals surface area (Å²) in [5.41, 5.74) is 1.92. The van der Waals surface area contributed by atoms with Crippen LogP contribution in [0.25, 0.3) is 0 Å². The average molecular weight is 381 g/mol. The number of hydrogen-bond donors (Lipinski definition) is 2. The van der Waals surface area contributed by atoms with Gasteiger partial charge in [0.1, 0.15) is 23.1 Å². The van der Waals surface area contributed by atoms with Crippen LogP contribution in [0.15, 0.2) is 60.8 Å². The van der Waals surface area contributed by atoms with Gasteiger partial charge in [-0.2, -0.15) is 0 Å². The number of hydrogen-bond acceptors (Lipinski definition) is 5. The summed E-state index contributed by atoms with van der Waals surface area (Å²) in [6.45, 7) is 0.300. The SMILES string of the molecule is COc1ccc(OC)c(Nc2cc(C(=O)NCc3ccc(F)cc3)ccn2)c1. The molecule has 1 heterocycles. The minimum absolute atomic E-state index is 0.257. The van der Waals surface area contributed by atoms with Crippen molar-refractivity contribution in [1.29, 1.82) is 0 Å². The van der Waals surface area contributed by atoms with Crippen LogP contribution in [-0.2, 0) is 6.54 Å². The Bertz CT molecular complexity index is 961. The van der Waals surface area contributed by atoms with Crippen molar-refractivity contribution >= 4 is 17.4 Å². The molecular formula is C21H20FN3O3. The number of amides is 1. The van der Waals surface area contributed by atoms with Crippen molar-refractivity contribution in [3.05, 3.63) is 77.7 Å². The molecule has 3 aromatic rings. The number of aromatic nitrogens is 1. The van der Waals surface area contributed by atoms with E-state index in [1.165, 1.54) is 12.1 Å². The highest BCUT2D eigenvalue weighted by Gasteiger charge is 2.10. The number of methoxy groups -OCH3 is 2. The predicted octanol–water partition coefficient (Wildman–Crippen LogP) is 3.91. The lowest BCUT2D eigenvalue weighted by Crippen LogP contribution is -2.22. The van der Waals surface area contributed by atoms with E-state index in [4.69, 9.17) is 9.47 Å². The van der Waals surface area contributed by atoms with Crippen molar-refractivity contribution in [3.63, 3.8) is 0 Å². The third kappa shape index (κ3) is 4.76. The van der Waals surface area contributed by atoms with E-state index in [9.17, 15) is 9.18 Å². The van der Waals surface area contributed by atoms with E-state index in [2.05, 4.69) is 15.6 Å². The third-order valence-corrected chi connectivity index (χ3v) is 4.06. The van der Waals surface area contributed by atoms with Crippen LogP contribution in [0.4, 0.5) is 15.9 Å². The van der Waals surface area contributed by atoms with E-state index < -0.39 is 0 Å². The normalized spacial score (nSPS) is 10.2. The number of rotatable bonds is 7. The van der Waals surface area contributed by atoms with E-state index in [0.717, 1.165) is 5.56 Å². The first-order chi connectivity index (χ1) is 13.6. The summed E-state index contributed by atoms with van der Waals surface area (Å²) in [6.07, 6.45) is 1.54. The third-order valence-electron chi connectivity index (χ3n) is 4.06. The fourth-order valence-corrected chi connectivity index (χ4v) is 2.58. The Morgan fingerprint density at radius 1 is 1.04 bits per heavy atom. The van der Waals surface area contributed by atoms with Crippen LogP contribution in [0.1, 0.15) is 15.9 Å². The van der Waals surface area contributed by atoms with Crippen molar-refractivity contribution in [3.8, 4) is 11.5 Å². The second-order valence-electron chi connectivity index (χ2n) is 5.93. The van der Waals surface area contributed by atoms with Crippen molar-refractivity contribution in [2.75, 3.05) is 19.5 Å². The fourth-order valence-electron chi connectivity index (χ4n) is 2.58. The first-order valence-electron chi connectivity index (χ1n) is 8.57. The van der Waals surface area contributed by atoms with Crippen LogP contribution in [0, 0.1) is 5.82 Å². The monoisotopic (exact) mass is 381 g/mol. The predicted molar refractivity (Wildman–Crippen MR) is 105 cm³/mol. The number of halogens is 1. The van der Waals surface area contributed by atoms with E-state index in [1.807, 2.05) is 0 Å². The molecule has 2 N–H and O–H groups in total. The van der Waals surface area contributed by atoms with Crippen LogP contribution in [0.5, 0.6) is 11.5 Å². The number of pyridine rings is 1. The zero-order chi connectivity index (χ0) is 19.9. The topological polar surface area (TPSA) is 72.5 Å². The van der Waals surface area contributed by atoms with Gasteiger partial charge >= 0.3 is 0 Å². The standard InChI is InChI=1S/C21H20FN3O3/c1-27-17-7-8-19(28-2)18(12-17)25-20-11-15(9-10-23-20)21(26)24-13-14-3-5-16(22)6-4-14/h3-12H,13H2,1-2H3,(H,23,25)(H,24,26). The molecule has 7 heteroatoms. The van der Waals surface area contributed by atoms with Crippen molar-refractivity contribution in [2.24, 2.45) is 0 Å². The molecule has 1 amide bonds. The van der Waals surface area contributed by atoms with Crippen LogP contribution < -0.4 is 20.1 Å². The molecule has 0 aliphatic rings. The molecule has 0 saturated carbocycles. The lowest BCUT2D eigenvalue weighted by Gasteiger charge is -2.13. The Balaban J connectivity index is 1.71. The first kappa shape index (κ1) is 19.2. The summed E-state index contributed by atoms with van der Waals surface area (Å²) in [4.78, 5) is 16.7. The van der Waals surface area contributed by atoms with Gasteiger partial charge in [0.15, 0.2) is 0 Å². The minimum Gasteiger partial charge on any atom is -0.497 e. The van der Waals surface area contributed by atoms with Gasteiger partial charge in [-0.15, -0.1) is 0 Å². The molecule has 144 valence electrons. The summed E-state index contributed by atoms with van der Waals surface area (Å²) in [5.74, 6) is 1.20. The van der Waals surface area contributed by atoms with Gasteiger partial charge in [-0.05, 0) is 42.0 Å². The number of carbonyl (C=O) groups is 1. The quantitative estimate of drug-likeness (QED) is 0.649. The summed E-state index contributed by atoms with van der Waals surface area (Å²) >= 11 is 0.